The standard InChI is InChI=1S/C22H33BClNO7/c1-15(27)25-22(13-30-16(2)28,14-31-17(3)29)9-8-18-6-7-19(10-20(18)24)23-32-12-21(4,5)11-26/h6-7,10,23,26H,8-9,11-14H2,1-5H3,(H,25,27). The first-order valence-corrected chi connectivity index (χ1v) is 10.8. The maximum atomic E-state index is 11.8. The van der Waals surface area contributed by atoms with Crippen molar-refractivity contribution in [1.29, 1.82) is 0 Å². The summed E-state index contributed by atoms with van der Waals surface area (Å²) in [6.07, 6.45) is 0.772. The minimum absolute atomic E-state index is 0.0312. The zero-order valence-corrected chi connectivity index (χ0v) is 20.2. The van der Waals surface area contributed by atoms with Gasteiger partial charge in [-0.15, -0.1) is 0 Å². The normalized spacial score (nSPS) is 11.6. The highest BCUT2D eigenvalue weighted by atomic mass is 35.5. The lowest BCUT2D eigenvalue weighted by molar-refractivity contribution is -0.150. The van der Waals surface area contributed by atoms with Crippen LogP contribution in [0.4, 0.5) is 0 Å². The summed E-state index contributed by atoms with van der Waals surface area (Å²) in [5.74, 6) is -1.35. The fraction of sp³-hybridized carbons (Fsp3) is 0.591. The number of ether oxygens (including phenoxy) is 2. The van der Waals surface area contributed by atoms with Crippen LogP contribution in [0, 0.1) is 5.41 Å². The third-order valence-electron chi connectivity index (χ3n) is 4.72. The second kappa shape index (κ2) is 12.8. The van der Waals surface area contributed by atoms with Crippen LogP contribution in [0.1, 0.15) is 46.6 Å². The summed E-state index contributed by atoms with van der Waals surface area (Å²) in [6.45, 7) is 7.87. The van der Waals surface area contributed by atoms with Gasteiger partial charge in [0.25, 0.3) is 0 Å². The molecule has 1 aromatic rings. The van der Waals surface area contributed by atoms with Crippen molar-refractivity contribution in [3.63, 3.8) is 0 Å². The molecule has 0 saturated heterocycles. The van der Waals surface area contributed by atoms with E-state index in [0.717, 1.165) is 11.0 Å². The number of carbonyl (C=O) groups excluding carboxylic acids is 3. The van der Waals surface area contributed by atoms with Crippen LogP contribution in [-0.2, 0) is 34.9 Å². The molecule has 0 radical (unpaired) electrons. The van der Waals surface area contributed by atoms with Crippen molar-refractivity contribution in [3.8, 4) is 0 Å². The second-order valence-corrected chi connectivity index (χ2v) is 9.17. The average Bonchev–Trinajstić information content (AvgIpc) is 2.69. The Balaban J connectivity index is 2.91. The molecule has 1 amide bonds. The predicted molar refractivity (Wildman–Crippen MR) is 123 cm³/mol. The van der Waals surface area contributed by atoms with Gasteiger partial charge in [-0.3, -0.25) is 14.4 Å². The lowest BCUT2D eigenvalue weighted by Crippen LogP contribution is -2.55. The van der Waals surface area contributed by atoms with Gasteiger partial charge in [0.1, 0.15) is 18.8 Å². The molecule has 0 heterocycles. The summed E-state index contributed by atoms with van der Waals surface area (Å²) in [4.78, 5) is 34.5. The molecule has 1 rings (SSSR count). The largest absolute Gasteiger partial charge is 0.463 e. The molecule has 0 saturated carbocycles. The van der Waals surface area contributed by atoms with Crippen molar-refractivity contribution in [2.75, 3.05) is 26.4 Å². The first kappa shape index (κ1) is 27.9. The van der Waals surface area contributed by atoms with Crippen LogP contribution in [0.15, 0.2) is 18.2 Å². The van der Waals surface area contributed by atoms with Crippen LogP contribution in [0.25, 0.3) is 0 Å². The van der Waals surface area contributed by atoms with E-state index in [9.17, 15) is 19.5 Å². The molecule has 8 nitrogen and oxygen atoms in total. The van der Waals surface area contributed by atoms with E-state index in [1.165, 1.54) is 20.8 Å². The number of carbonyl (C=O) groups is 3. The molecule has 0 unspecified atom stereocenters. The Labute approximate surface area is 195 Å². The van der Waals surface area contributed by atoms with Crippen LogP contribution < -0.4 is 10.8 Å². The molecule has 0 bridgehead atoms. The van der Waals surface area contributed by atoms with Crippen molar-refractivity contribution in [3.05, 3.63) is 28.8 Å². The van der Waals surface area contributed by atoms with Crippen LogP contribution in [0.3, 0.4) is 0 Å². The lowest BCUT2D eigenvalue weighted by Gasteiger charge is -2.33. The van der Waals surface area contributed by atoms with E-state index < -0.39 is 17.5 Å². The van der Waals surface area contributed by atoms with Crippen LogP contribution in [0.2, 0.25) is 5.02 Å². The van der Waals surface area contributed by atoms with Gasteiger partial charge in [0.15, 0.2) is 0 Å². The highest BCUT2D eigenvalue weighted by Gasteiger charge is 2.34. The van der Waals surface area contributed by atoms with Crippen molar-refractivity contribution >= 4 is 42.4 Å². The van der Waals surface area contributed by atoms with E-state index >= 15 is 0 Å². The van der Waals surface area contributed by atoms with E-state index in [4.69, 9.17) is 25.7 Å². The minimum Gasteiger partial charge on any atom is -0.463 e. The molecular weight excluding hydrogens is 437 g/mol. The molecule has 32 heavy (non-hydrogen) atoms. The Morgan fingerprint density at radius 1 is 1.06 bits per heavy atom. The molecule has 0 fully saturated rings. The Bertz CT molecular complexity index is 782. The van der Waals surface area contributed by atoms with Gasteiger partial charge >= 0.3 is 19.4 Å². The lowest BCUT2D eigenvalue weighted by atomic mass is 9.85. The number of aryl methyl sites for hydroxylation is 1. The SMILES string of the molecule is CC(=O)NC(CCc1ccc(BOCC(C)(C)CO)cc1Cl)(COC(C)=O)COC(C)=O. The fourth-order valence-electron chi connectivity index (χ4n) is 2.92. The second-order valence-electron chi connectivity index (χ2n) is 8.76. The monoisotopic (exact) mass is 469 g/mol. The molecule has 0 aliphatic heterocycles. The quantitative estimate of drug-likeness (QED) is 0.331. The highest BCUT2D eigenvalue weighted by molar-refractivity contribution is 6.47. The predicted octanol–water partition coefficient (Wildman–Crippen LogP) is 1.29. The van der Waals surface area contributed by atoms with Crippen LogP contribution in [0.5, 0.6) is 0 Å². The number of nitrogens with one attached hydrogen (secondary N) is 1. The van der Waals surface area contributed by atoms with Gasteiger partial charge in [-0.05, 0) is 24.5 Å². The number of aliphatic hydroxyl groups excluding tert-OH is 1. The summed E-state index contributed by atoms with van der Waals surface area (Å²) < 4.78 is 16.0. The van der Waals surface area contributed by atoms with Gasteiger partial charge in [-0.25, -0.2) is 0 Å². The number of aliphatic hydroxyl groups is 1. The van der Waals surface area contributed by atoms with Gasteiger partial charge in [0.2, 0.25) is 5.91 Å². The number of rotatable bonds is 13. The molecule has 0 spiro atoms. The summed E-state index contributed by atoms with van der Waals surface area (Å²) >= 11 is 6.46. The van der Waals surface area contributed by atoms with Gasteiger partial charge < -0.3 is 24.6 Å². The van der Waals surface area contributed by atoms with Gasteiger partial charge in [-0.2, -0.15) is 0 Å². The van der Waals surface area contributed by atoms with Crippen molar-refractivity contribution < 1.29 is 33.6 Å². The average molecular weight is 470 g/mol. The van der Waals surface area contributed by atoms with Gasteiger partial charge in [0, 0.05) is 37.8 Å². The third kappa shape index (κ3) is 10.5. The fourth-order valence-corrected chi connectivity index (χ4v) is 3.22. The molecule has 0 atom stereocenters. The van der Waals surface area contributed by atoms with E-state index in [1.807, 2.05) is 26.0 Å². The number of amides is 1. The minimum atomic E-state index is -1.08. The topological polar surface area (TPSA) is 111 Å². The summed E-state index contributed by atoms with van der Waals surface area (Å²) in [5.41, 5.74) is 0.317. The first-order valence-electron chi connectivity index (χ1n) is 10.4. The molecule has 0 aromatic heterocycles. The number of esters is 2. The summed E-state index contributed by atoms with van der Waals surface area (Å²) in [5, 5.41) is 12.6. The van der Waals surface area contributed by atoms with E-state index in [1.54, 1.807) is 6.07 Å². The number of benzene rings is 1. The molecule has 10 heteroatoms. The molecule has 0 aliphatic carbocycles. The Morgan fingerprint density at radius 3 is 2.12 bits per heavy atom. The van der Waals surface area contributed by atoms with Crippen molar-refractivity contribution in [2.45, 2.75) is 53.0 Å². The molecule has 0 aliphatic rings. The molecule has 178 valence electrons. The zero-order chi connectivity index (χ0) is 24.4. The number of halogens is 1. The van der Waals surface area contributed by atoms with E-state index in [-0.39, 0.29) is 31.1 Å². The maximum Gasteiger partial charge on any atom is 0.308 e. The molecular formula is C22H33BClNO7. The van der Waals surface area contributed by atoms with Gasteiger partial charge in [-0.1, -0.05) is 43.0 Å². The Morgan fingerprint density at radius 2 is 1.66 bits per heavy atom. The highest BCUT2D eigenvalue weighted by Crippen LogP contribution is 2.22. The third-order valence-corrected chi connectivity index (χ3v) is 5.08. The van der Waals surface area contributed by atoms with Gasteiger partial charge in [0.05, 0.1) is 6.61 Å². The molecule has 1 aromatic carbocycles. The Kier molecular flexibility index (Phi) is 11.2. The summed E-state index contributed by atoms with van der Waals surface area (Å²) in [7, 11) is 0.359. The van der Waals surface area contributed by atoms with Crippen LogP contribution >= 0.6 is 11.6 Å². The smallest absolute Gasteiger partial charge is 0.308 e. The first-order chi connectivity index (χ1) is 14.9. The zero-order valence-electron chi connectivity index (χ0n) is 19.5. The van der Waals surface area contributed by atoms with Crippen molar-refractivity contribution in [1.82, 2.24) is 5.32 Å². The Hall–Kier alpha value is -2.10. The number of hydrogen-bond acceptors (Lipinski definition) is 7. The maximum absolute atomic E-state index is 11.8. The van der Waals surface area contributed by atoms with Crippen LogP contribution in [-0.4, -0.2) is 62.4 Å². The summed E-state index contributed by atoms with van der Waals surface area (Å²) in [6, 6.07) is 5.57. The van der Waals surface area contributed by atoms with E-state index in [0.29, 0.717) is 32.0 Å². The molecule has 2 N–H and O–H groups in total. The van der Waals surface area contributed by atoms with E-state index in [2.05, 4.69) is 5.32 Å². The van der Waals surface area contributed by atoms with Crippen molar-refractivity contribution in [2.24, 2.45) is 5.41 Å². The number of hydrogen-bond donors (Lipinski definition) is 2.